The zero-order valence-electron chi connectivity index (χ0n) is 5.49. The van der Waals surface area contributed by atoms with E-state index in [9.17, 15) is 0 Å². The number of nitrogens with one attached hydrogen (secondary N) is 1. The van der Waals surface area contributed by atoms with Crippen LogP contribution in [0.2, 0.25) is 0 Å². The van der Waals surface area contributed by atoms with Crippen LogP contribution >= 0.6 is 0 Å². The first kappa shape index (κ1) is 5.46. The highest BCUT2D eigenvalue weighted by atomic mass is 15.3. The van der Waals surface area contributed by atoms with Gasteiger partial charge >= 0.3 is 0 Å². The zero-order valence-corrected chi connectivity index (χ0v) is 5.49. The largest absolute Gasteiger partial charge is 0.331 e. The second-order valence-electron chi connectivity index (χ2n) is 2.14. The Morgan fingerprint density at radius 3 is 3.20 bits per heavy atom. The van der Waals surface area contributed by atoms with Crippen LogP contribution in [-0.4, -0.2) is 29.4 Å². The quantitative estimate of drug-likeness (QED) is 0.601. The molecule has 4 nitrogen and oxygen atoms in total. The molecule has 0 bridgehead atoms. The van der Waals surface area contributed by atoms with Gasteiger partial charge in [-0.2, -0.15) is 0 Å². The van der Waals surface area contributed by atoms with E-state index in [0.29, 0.717) is 0 Å². The van der Waals surface area contributed by atoms with Gasteiger partial charge in [-0.1, -0.05) is 0 Å². The summed E-state index contributed by atoms with van der Waals surface area (Å²) < 4.78 is 0. The lowest BCUT2D eigenvalue weighted by Gasteiger charge is -2.10. The Morgan fingerprint density at radius 1 is 1.60 bits per heavy atom. The number of aromatic amines is 1. The highest BCUT2D eigenvalue weighted by Crippen LogP contribution is 2.06. The molecule has 0 atom stereocenters. The van der Waals surface area contributed by atoms with Gasteiger partial charge in [-0.15, -0.1) is 0 Å². The smallest absolute Gasteiger partial charge is 0.204 e. The van der Waals surface area contributed by atoms with Crippen molar-refractivity contribution >= 4 is 12.2 Å². The molecule has 0 amide bonds. The van der Waals surface area contributed by atoms with Crippen LogP contribution in [0.25, 0.3) is 0 Å². The Morgan fingerprint density at radius 2 is 2.60 bits per heavy atom. The molecule has 0 saturated carbocycles. The van der Waals surface area contributed by atoms with Gasteiger partial charge in [0, 0.05) is 18.6 Å². The molecule has 0 aliphatic carbocycles. The molecule has 10 heavy (non-hydrogen) atoms. The molecule has 0 unspecified atom stereocenters. The van der Waals surface area contributed by atoms with Crippen molar-refractivity contribution in [3.8, 4) is 0 Å². The van der Waals surface area contributed by atoms with Crippen LogP contribution in [0.15, 0.2) is 17.4 Å². The first-order chi connectivity index (χ1) is 4.97. The van der Waals surface area contributed by atoms with Crippen LogP contribution < -0.4 is 4.90 Å². The average molecular weight is 136 g/mol. The Kier molecular flexibility index (Phi) is 1.16. The number of imidazole rings is 1. The van der Waals surface area contributed by atoms with Crippen molar-refractivity contribution in [1.29, 1.82) is 0 Å². The molecule has 1 aromatic rings. The van der Waals surface area contributed by atoms with Crippen molar-refractivity contribution in [2.24, 2.45) is 4.99 Å². The van der Waals surface area contributed by atoms with E-state index < -0.39 is 0 Å². The van der Waals surface area contributed by atoms with Crippen molar-refractivity contribution in [2.45, 2.75) is 0 Å². The molecule has 2 rings (SSSR count). The summed E-state index contributed by atoms with van der Waals surface area (Å²) >= 11 is 0. The fourth-order valence-electron chi connectivity index (χ4n) is 0.954. The predicted molar refractivity (Wildman–Crippen MR) is 39.3 cm³/mol. The summed E-state index contributed by atoms with van der Waals surface area (Å²) in [6.07, 6.45) is 5.45. The molecular formula is C6H8N4. The molecule has 1 aliphatic rings. The minimum atomic E-state index is 0.730. The molecule has 2 heterocycles. The number of hydrogen-bond donors (Lipinski definition) is 1. The van der Waals surface area contributed by atoms with E-state index in [1.165, 1.54) is 0 Å². The molecule has 4 heteroatoms. The Balaban J connectivity index is 2.14. The number of anilines is 1. The maximum atomic E-state index is 4.09. The first-order valence-corrected chi connectivity index (χ1v) is 3.19. The molecule has 0 fully saturated rings. The molecular weight excluding hydrogens is 128 g/mol. The van der Waals surface area contributed by atoms with E-state index in [-0.39, 0.29) is 0 Å². The Bertz CT molecular complexity index is 218. The lowest BCUT2D eigenvalue weighted by Crippen LogP contribution is -2.20. The van der Waals surface area contributed by atoms with Gasteiger partial charge in [0.1, 0.15) is 6.67 Å². The third-order valence-corrected chi connectivity index (χ3v) is 1.47. The molecule has 0 radical (unpaired) electrons. The SMILES string of the molecule is C1=NCN(c2ncc[nH]2)C1. The van der Waals surface area contributed by atoms with Crippen LogP contribution in [0.4, 0.5) is 5.95 Å². The maximum absolute atomic E-state index is 4.09. The average Bonchev–Trinajstić information content (AvgIpc) is 2.59. The summed E-state index contributed by atoms with van der Waals surface area (Å²) in [5.74, 6) is 0.900. The van der Waals surface area contributed by atoms with Gasteiger partial charge in [-0.25, -0.2) is 4.98 Å². The van der Waals surface area contributed by atoms with Gasteiger partial charge < -0.3 is 9.88 Å². The molecule has 52 valence electrons. The van der Waals surface area contributed by atoms with Gasteiger partial charge in [-0.05, 0) is 0 Å². The topological polar surface area (TPSA) is 44.3 Å². The van der Waals surface area contributed by atoms with Crippen LogP contribution in [0, 0.1) is 0 Å². The summed E-state index contributed by atoms with van der Waals surface area (Å²) in [6, 6.07) is 0. The number of nitrogens with zero attached hydrogens (tertiary/aromatic N) is 3. The van der Waals surface area contributed by atoms with E-state index >= 15 is 0 Å². The van der Waals surface area contributed by atoms with E-state index in [2.05, 4.69) is 19.9 Å². The van der Waals surface area contributed by atoms with Crippen molar-refractivity contribution < 1.29 is 0 Å². The van der Waals surface area contributed by atoms with Crippen molar-refractivity contribution in [1.82, 2.24) is 9.97 Å². The highest BCUT2D eigenvalue weighted by Gasteiger charge is 2.08. The Hall–Kier alpha value is -1.32. The molecule has 0 saturated heterocycles. The molecule has 1 aliphatic heterocycles. The standard InChI is InChI=1S/C6H8N4/c1-2-9-6(8-1)10-4-3-7-5-10/h1-3H,4-5H2,(H,8,9). The zero-order chi connectivity index (χ0) is 6.81. The fraction of sp³-hybridized carbons (Fsp3) is 0.333. The van der Waals surface area contributed by atoms with Crippen molar-refractivity contribution in [2.75, 3.05) is 18.1 Å². The Labute approximate surface area is 58.6 Å². The maximum Gasteiger partial charge on any atom is 0.204 e. The summed E-state index contributed by atoms with van der Waals surface area (Å²) in [7, 11) is 0. The normalized spacial score (nSPS) is 16.6. The van der Waals surface area contributed by atoms with Crippen molar-refractivity contribution in [3.63, 3.8) is 0 Å². The predicted octanol–water partition coefficient (Wildman–Crippen LogP) is 0.258. The van der Waals surface area contributed by atoms with Gasteiger partial charge in [0.15, 0.2) is 0 Å². The summed E-state index contributed by atoms with van der Waals surface area (Å²) in [5, 5.41) is 0. The van der Waals surface area contributed by atoms with Crippen LogP contribution in [-0.2, 0) is 0 Å². The first-order valence-electron chi connectivity index (χ1n) is 3.19. The minimum Gasteiger partial charge on any atom is -0.331 e. The molecule has 1 N–H and O–H groups in total. The number of aliphatic imine (C=N–C) groups is 1. The lowest BCUT2D eigenvalue weighted by atomic mass is 10.6. The summed E-state index contributed by atoms with van der Waals surface area (Å²) in [5.41, 5.74) is 0. The van der Waals surface area contributed by atoms with Crippen LogP contribution in [0.3, 0.4) is 0 Å². The number of rotatable bonds is 1. The van der Waals surface area contributed by atoms with E-state index in [1.807, 2.05) is 12.4 Å². The fourth-order valence-corrected chi connectivity index (χ4v) is 0.954. The molecule has 1 aromatic heterocycles. The number of H-pyrrole nitrogens is 1. The van der Waals surface area contributed by atoms with E-state index in [0.717, 1.165) is 19.2 Å². The van der Waals surface area contributed by atoms with Gasteiger partial charge in [0.05, 0.1) is 6.54 Å². The number of hydrogen-bond acceptors (Lipinski definition) is 3. The second kappa shape index (κ2) is 2.13. The van der Waals surface area contributed by atoms with E-state index in [4.69, 9.17) is 0 Å². The third kappa shape index (κ3) is 0.775. The number of aromatic nitrogens is 2. The third-order valence-electron chi connectivity index (χ3n) is 1.47. The summed E-state index contributed by atoms with van der Waals surface area (Å²) in [6.45, 7) is 1.60. The van der Waals surface area contributed by atoms with Crippen LogP contribution in [0.1, 0.15) is 0 Å². The van der Waals surface area contributed by atoms with Crippen LogP contribution in [0.5, 0.6) is 0 Å². The van der Waals surface area contributed by atoms with Gasteiger partial charge in [0.25, 0.3) is 0 Å². The monoisotopic (exact) mass is 136 g/mol. The van der Waals surface area contributed by atoms with Gasteiger partial charge in [-0.3, -0.25) is 4.99 Å². The molecule has 0 aromatic carbocycles. The van der Waals surface area contributed by atoms with E-state index in [1.54, 1.807) is 6.20 Å². The minimum absolute atomic E-state index is 0.730. The van der Waals surface area contributed by atoms with Crippen molar-refractivity contribution in [3.05, 3.63) is 12.4 Å². The lowest BCUT2D eigenvalue weighted by molar-refractivity contribution is 0.910. The van der Waals surface area contributed by atoms with Gasteiger partial charge in [0.2, 0.25) is 5.95 Å². The summed E-state index contributed by atoms with van der Waals surface area (Å²) in [4.78, 5) is 13.2. The second-order valence-corrected chi connectivity index (χ2v) is 2.14. The highest BCUT2D eigenvalue weighted by molar-refractivity contribution is 5.67. The molecule has 0 spiro atoms.